The summed E-state index contributed by atoms with van der Waals surface area (Å²) in [6, 6.07) is 1.92. The lowest BCUT2D eigenvalue weighted by molar-refractivity contribution is -0.664. The molecule has 2 saturated heterocycles. The van der Waals surface area contributed by atoms with Gasteiger partial charge in [-0.3, -0.25) is 19.2 Å². The van der Waals surface area contributed by atoms with Crippen molar-refractivity contribution in [3.8, 4) is 0 Å². The molecule has 3 heterocycles. The molecule has 3 aliphatic rings. The van der Waals surface area contributed by atoms with E-state index in [1.165, 1.54) is 17.8 Å². The zero-order valence-corrected chi connectivity index (χ0v) is 21.1. The number of nitrogens with two attached hydrogens (primary N) is 2. The minimum Gasteiger partial charge on any atom is -0.368 e. The highest BCUT2D eigenvalue weighted by atomic mass is 32.1. The van der Waals surface area contributed by atoms with Crippen LogP contribution in [-0.4, -0.2) is 78.2 Å². The summed E-state index contributed by atoms with van der Waals surface area (Å²) in [6.45, 7) is 2.68. The molecule has 0 bridgehead atoms. The standard InChI is InChI=1S/C25H37N5O4S/c26-22(31)19(15-17-5-2-1-3-6-17)28-23(32)20-16-29(24(33)18-8-10-27-11-9-18)12-13-30(20)25(34)21-7-4-14-35-21/h4,7,14,17-20,27H,1-3,5-6,8-13,15-16H2,(H2,26,31)(H,28,32)/p+1/t19-,20+/m0/s1. The Labute approximate surface area is 210 Å². The van der Waals surface area contributed by atoms with Crippen LogP contribution in [0.25, 0.3) is 0 Å². The minimum absolute atomic E-state index is 0.0343. The van der Waals surface area contributed by atoms with Crippen LogP contribution in [0, 0.1) is 11.8 Å². The van der Waals surface area contributed by atoms with Gasteiger partial charge in [0.1, 0.15) is 12.1 Å². The largest absolute Gasteiger partial charge is 0.368 e. The van der Waals surface area contributed by atoms with Crippen LogP contribution in [0.15, 0.2) is 17.5 Å². The molecule has 0 aromatic carbocycles. The molecule has 1 saturated carbocycles. The summed E-state index contributed by atoms with van der Waals surface area (Å²) in [5, 5.41) is 6.90. The molecule has 10 heteroatoms. The van der Waals surface area contributed by atoms with Crippen molar-refractivity contribution in [2.24, 2.45) is 17.6 Å². The van der Waals surface area contributed by atoms with Gasteiger partial charge in [-0.1, -0.05) is 38.2 Å². The molecule has 0 spiro atoms. The minimum atomic E-state index is -0.856. The number of nitrogens with one attached hydrogen (secondary N) is 1. The zero-order chi connectivity index (χ0) is 24.8. The molecule has 192 valence electrons. The Kier molecular flexibility index (Phi) is 8.78. The summed E-state index contributed by atoms with van der Waals surface area (Å²) in [7, 11) is 0. The number of rotatable bonds is 7. The third-order valence-corrected chi connectivity index (χ3v) is 8.59. The maximum atomic E-state index is 13.5. The van der Waals surface area contributed by atoms with E-state index in [1.54, 1.807) is 21.9 Å². The van der Waals surface area contributed by atoms with Crippen molar-refractivity contribution in [1.29, 1.82) is 0 Å². The predicted molar refractivity (Wildman–Crippen MR) is 132 cm³/mol. The summed E-state index contributed by atoms with van der Waals surface area (Å²) in [4.78, 5) is 56.1. The van der Waals surface area contributed by atoms with Crippen LogP contribution >= 0.6 is 11.3 Å². The second kappa shape index (κ2) is 12.0. The van der Waals surface area contributed by atoms with E-state index < -0.39 is 23.9 Å². The molecule has 2 atom stereocenters. The molecule has 0 unspecified atom stereocenters. The number of carbonyl (C=O) groups excluding carboxylic acids is 4. The van der Waals surface area contributed by atoms with Gasteiger partial charge in [0.2, 0.25) is 17.7 Å². The molecule has 1 aliphatic carbocycles. The van der Waals surface area contributed by atoms with Crippen LogP contribution in [0.1, 0.15) is 61.0 Å². The number of piperidine rings is 1. The van der Waals surface area contributed by atoms with Gasteiger partial charge < -0.3 is 26.2 Å². The van der Waals surface area contributed by atoms with Crippen LogP contribution in [0.3, 0.4) is 0 Å². The van der Waals surface area contributed by atoms with Crippen molar-refractivity contribution in [2.45, 2.75) is 63.5 Å². The molecule has 0 radical (unpaired) electrons. The van der Waals surface area contributed by atoms with E-state index in [-0.39, 0.29) is 30.8 Å². The second-order valence-electron chi connectivity index (χ2n) is 10.1. The van der Waals surface area contributed by atoms with Gasteiger partial charge in [0.25, 0.3) is 5.91 Å². The summed E-state index contributed by atoms with van der Waals surface area (Å²) < 4.78 is 0. The van der Waals surface area contributed by atoms with Gasteiger partial charge in [-0.05, 0) is 23.8 Å². The summed E-state index contributed by atoms with van der Waals surface area (Å²) in [5.74, 6) is -0.799. The van der Waals surface area contributed by atoms with Gasteiger partial charge in [0, 0.05) is 31.8 Å². The summed E-state index contributed by atoms with van der Waals surface area (Å²) >= 11 is 1.33. The quantitative estimate of drug-likeness (QED) is 0.494. The molecule has 1 aromatic rings. The van der Waals surface area contributed by atoms with Crippen molar-refractivity contribution in [3.63, 3.8) is 0 Å². The van der Waals surface area contributed by atoms with Crippen LogP contribution in [0.2, 0.25) is 0 Å². The average molecular weight is 505 g/mol. The zero-order valence-electron chi connectivity index (χ0n) is 20.3. The van der Waals surface area contributed by atoms with E-state index in [4.69, 9.17) is 5.73 Å². The molecule has 4 amide bonds. The first-order valence-corrected chi connectivity index (χ1v) is 13.9. The smallest absolute Gasteiger partial charge is 0.264 e. The van der Waals surface area contributed by atoms with E-state index in [2.05, 4.69) is 10.6 Å². The predicted octanol–water partition coefficient (Wildman–Crippen LogP) is 0.315. The van der Waals surface area contributed by atoms with E-state index in [0.29, 0.717) is 23.8 Å². The molecule has 9 nitrogen and oxygen atoms in total. The molecule has 1 aromatic heterocycles. The molecule has 3 fully saturated rings. The Morgan fingerprint density at radius 1 is 1.09 bits per heavy atom. The number of nitrogens with zero attached hydrogens (tertiary/aromatic N) is 2. The third-order valence-electron chi connectivity index (χ3n) is 7.73. The molecule has 5 N–H and O–H groups in total. The Morgan fingerprint density at radius 3 is 2.49 bits per heavy atom. The topological polar surface area (TPSA) is 129 Å². The highest BCUT2D eigenvalue weighted by Crippen LogP contribution is 2.28. The molecule has 4 rings (SSSR count). The number of thiophene rings is 1. The van der Waals surface area contributed by atoms with Gasteiger partial charge in [-0.25, -0.2) is 0 Å². The number of primary amides is 1. The first kappa shape index (κ1) is 25.6. The lowest BCUT2D eigenvalue weighted by Crippen LogP contribution is -2.86. The Hall–Kier alpha value is -2.46. The Bertz CT molecular complexity index is 896. The van der Waals surface area contributed by atoms with Crippen molar-refractivity contribution in [1.82, 2.24) is 15.1 Å². The monoisotopic (exact) mass is 504 g/mol. The SMILES string of the molecule is NC(=O)[C@H](CC1CCCCC1)NC(=O)[C@H]1CN(C(=O)C2CC[NH2+]CC2)CCN1C(=O)c1cccs1. The lowest BCUT2D eigenvalue weighted by Gasteiger charge is -2.42. The van der Waals surface area contributed by atoms with Gasteiger partial charge in [0.15, 0.2) is 0 Å². The van der Waals surface area contributed by atoms with E-state index in [9.17, 15) is 19.2 Å². The number of piperazine rings is 1. The maximum Gasteiger partial charge on any atom is 0.264 e. The molecule has 35 heavy (non-hydrogen) atoms. The van der Waals surface area contributed by atoms with Crippen molar-refractivity contribution >= 4 is 35.0 Å². The van der Waals surface area contributed by atoms with Crippen LogP contribution in [0.5, 0.6) is 0 Å². The number of hydrogen-bond acceptors (Lipinski definition) is 5. The number of hydrogen-bond donors (Lipinski definition) is 3. The van der Waals surface area contributed by atoms with Crippen molar-refractivity contribution in [3.05, 3.63) is 22.4 Å². The van der Waals surface area contributed by atoms with Crippen LogP contribution in [-0.2, 0) is 14.4 Å². The second-order valence-corrected chi connectivity index (χ2v) is 11.1. The number of quaternary nitrogens is 1. The van der Waals surface area contributed by atoms with Crippen molar-refractivity contribution in [2.75, 3.05) is 32.7 Å². The van der Waals surface area contributed by atoms with Gasteiger partial charge in [-0.15, -0.1) is 11.3 Å². The fourth-order valence-corrected chi connectivity index (χ4v) is 6.37. The average Bonchev–Trinajstić information content (AvgIpc) is 3.43. The molecular formula is C25H38N5O4S+. The fourth-order valence-electron chi connectivity index (χ4n) is 5.69. The van der Waals surface area contributed by atoms with Gasteiger partial charge in [-0.2, -0.15) is 0 Å². The number of amides is 4. The molecule has 2 aliphatic heterocycles. The first-order chi connectivity index (χ1) is 16.9. The maximum absolute atomic E-state index is 13.5. The summed E-state index contributed by atoms with van der Waals surface area (Å²) in [5.41, 5.74) is 5.68. The first-order valence-electron chi connectivity index (χ1n) is 13.0. The lowest BCUT2D eigenvalue weighted by atomic mass is 9.84. The molecular weight excluding hydrogens is 466 g/mol. The third kappa shape index (κ3) is 6.41. The highest BCUT2D eigenvalue weighted by Gasteiger charge is 2.40. The van der Waals surface area contributed by atoms with E-state index in [0.717, 1.165) is 51.6 Å². The van der Waals surface area contributed by atoms with E-state index >= 15 is 0 Å². The normalized spacial score (nSPS) is 23.0. The summed E-state index contributed by atoms with van der Waals surface area (Å²) in [6.07, 6.45) is 7.71. The fraction of sp³-hybridized carbons (Fsp3) is 0.680. The van der Waals surface area contributed by atoms with Crippen LogP contribution in [0.4, 0.5) is 0 Å². The van der Waals surface area contributed by atoms with Gasteiger partial charge in [0.05, 0.1) is 24.5 Å². The van der Waals surface area contributed by atoms with E-state index in [1.807, 2.05) is 5.38 Å². The Balaban J connectivity index is 1.49. The highest BCUT2D eigenvalue weighted by molar-refractivity contribution is 7.12. The van der Waals surface area contributed by atoms with Crippen molar-refractivity contribution < 1.29 is 24.5 Å². The van der Waals surface area contributed by atoms with Gasteiger partial charge >= 0.3 is 0 Å². The number of carbonyl (C=O) groups is 4. The van der Waals surface area contributed by atoms with Crippen LogP contribution < -0.4 is 16.4 Å². The Morgan fingerprint density at radius 2 is 1.83 bits per heavy atom.